The van der Waals surface area contributed by atoms with E-state index in [9.17, 15) is 18.0 Å². The third kappa shape index (κ3) is 3.34. The predicted octanol–water partition coefficient (Wildman–Crippen LogP) is 4.43. The summed E-state index contributed by atoms with van der Waals surface area (Å²) in [5.74, 6) is -1.46. The molecule has 0 aromatic heterocycles. The van der Waals surface area contributed by atoms with Gasteiger partial charge in [-0.2, -0.15) is 13.2 Å². The molecule has 20 heavy (non-hydrogen) atoms. The van der Waals surface area contributed by atoms with Crippen LogP contribution < -0.4 is 4.90 Å². The van der Waals surface area contributed by atoms with Gasteiger partial charge in [0.15, 0.2) is 5.78 Å². The van der Waals surface area contributed by atoms with Gasteiger partial charge >= 0.3 is 6.18 Å². The smallest absolute Gasteiger partial charge is 0.370 e. The van der Waals surface area contributed by atoms with Gasteiger partial charge in [0, 0.05) is 28.8 Å². The molecule has 110 valence electrons. The molecule has 1 atom stereocenters. The second-order valence-corrected chi connectivity index (χ2v) is 5.96. The Morgan fingerprint density at radius 2 is 2.10 bits per heavy atom. The Balaban J connectivity index is 2.31. The molecule has 2 rings (SSSR count). The molecule has 1 heterocycles. The number of Topliss-reactive ketones (excluding diaryl/α,β-unsaturated/α-hetero) is 1. The first kappa shape index (κ1) is 15.4. The van der Waals surface area contributed by atoms with Gasteiger partial charge in [-0.15, -0.1) is 0 Å². The van der Waals surface area contributed by atoms with E-state index >= 15 is 0 Å². The monoisotopic (exact) mass is 349 g/mol. The molecule has 1 fully saturated rings. The molecule has 0 radical (unpaired) electrons. The van der Waals surface area contributed by atoms with Gasteiger partial charge in [0.2, 0.25) is 0 Å². The zero-order chi connectivity index (χ0) is 14.9. The van der Waals surface area contributed by atoms with Crippen molar-refractivity contribution in [2.24, 2.45) is 5.92 Å². The standard InChI is InChI=1S/C14H15BrF3NO/c1-9(20)12-5-4-11(15)7-13(12)19-6-2-3-10(8-19)14(16,17)18/h4-5,7,10H,2-3,6,8H2,1H3. The minimum Gasteiger partial charge on any atom is -0.370 e. The predicted molar refractivity (Wildman–Crippen MR) is 75.1 cm³/mol. The Labute approximate surface area is 124 Å². The summed E-state index contributed by atoms with van der Waals surface area (Å²) in [6, 6.07) is 5.10. The SMILES string of the molecule is CC(=O)c1ccc(Br)cc1N1CCCC(C(F)(F)F)C1. The third-order valence-electron chi connectivity index (χ3n) is 3.56. The Kier molecular flexibility index (Phi) is 4.42. The van der Waals surface area contributed by atoms with Crippen molar-refractivity contribution >= 4 is 27.4 Å². The second kappa shape index (κ2) is 5.76. The molecule has 0 N–H and O–H groups in total. The maximum Gasteiger partial charge on any atom is 0.393 e. The van der Waals surface area contributed by atoms with Crippen LogP contribution in [0.4, 0.5) is 18.9 Å². The van der Waals surface area contributed by atoms with Gasteiger partial charge < -0.3 is 4.90 Å². The molecule has 1 saturated heterocycles. The van der Waals surface area contributed by atoms with Gasteiger partial charge in [-0.25, -0.2) is 0 Å². The van der Waals surface area contributed by atoms with Crippen LogP contribution in [0.1, 0.15) is 30.1 Å². The molecule has 1 aromatic carbocycles. The number of carbonyl (C=O) groups excluding carboxylic acids is 1. The maximum atomic E-state index is 12.9. The molecular weight excluding hydrogens is 335 g/mol. The van der Waals surface area contributed by atoms with Crippen molar-refractivity contribution in [3.05, 3.63) is 28.2 Å². The molecule has 6 heteroatoms. The summed E-state index contributed by atoms with van der Waals surface area (Å²) in [5.41, 5.74) is 1.05. The number of hydrogen-bond acceptors (Lipinski definition) is 2. The number of piperidine rings is 1. The number of halogens is 4. The number of rotatable bonds is 2. The van der Waals surface area contributed by atoms with Crippen LogP contribution in [0.15, 0.2) is 22.7 Å². The Bertz CT molecular complexity index is 516. The first-order chi connectivity index (χ1) is 9.29. The molecule has 1 aromatic rings. The van der Waals surface area contributed by atoms with Crippen LogP contribution in [0.25, 0.3) is 0 Å². The summed E-state index contributed by atoms with van der Waals surface area (Å²) >= 11 is 3.31. The van der Waals surface area contributed by atoms with Crippen LogP contribution >= 0.6 is 15.9 Å². The molecule has 1 aliphatic heterocycles. The van der Waals surface area contributed by atoms with Gasteiger partial charge in [-0.1, -0.05) is 15.9 Å². The van der Waals surface area contributed by atoms with E-state index < -0.39 is 12.1 Å². The molecule has 0 amide bonds. The average molecular weight is 350 g/mol. The summed E-state index contributed by atoms with van der Waals surface area (Å²) in [5, 5.41) is 0. The Morgan fingerprint density at radius 3 is 2.70 bits per heavy atom. The summed E-state index contributed by atoms with van der Waals surface area (Å²) in [4.78, 5) is 13.3. The zero-order valence-electron chi connectivity index (χ0n) is 11.0. The van der Waals surface area contributed by atoms with Gasteiger partial charge in [0.25, 0.3) is 0 Å². The highest BCUT2D eigenvalue weighted by Crippen LogP contribution is 2.36. The Morgan fingerprint density at radius 1 is 1.40 bits per heavy atom. The highest BCUT2D eigenvalue weighted by atomic mass is 79.9. The fourth-order valence-electron chi connectivity index (χ4n) is 2.53. The molecule has 1 aliphatic rings. The molecule has 0 aliphatic carbocycles. The lowest BCUT2D eigenvalue weighted by Gasteiger charge is -2.36. The van der Waals surface area contributed by atoms with Crippen LogP contribution in [-0.2, 0) is 0 Å². The first-order valence-electron chi connectivity index (χ1n) is 6.41. The van der Waals surface area contributed by atoms with E-state index in [1.54, 1.807) is 23.1 Å². The van der Waals surface area contributed by atoms with Gasteiger partial charge in [-0.3, -0.25) is 4.79 Å². The van der Waals surface area contributed by atoms with Crippen molar-refractivity contribution in [1.29, 1.82) is 0 Å². The van der Waals surface area contributed by atoms with Crippen LogP contribution in [0.5, 0.6) is 0 Å². The van der Waals surface area contributed by atoms with Crippen LogP contribution in [-0.4, -0.2) is 25.0 Å². The van der Waals surface area contributed by atoms with E-state index in [1.807, 2.05) is 0 Å². The van der Waals surface area contributed by atoms with Crippen LogP contribution in [0, 0.1) is 5.92 Å². The number of benzene rings is 1. The molecule has 1 unspecified atom stereocenters. The van der Waals surface area contributed by atoms with E-state index in [0.29, 0.717) is 24.2 Å². The molecule has 2 nitrogen and oxygen atoms in total. The lowest BCUT2D eigenvalue weighted by Crippen LogP contribution is -2.42. The molecular formula is C14H15BrF3NO. The van der Waals surface area contributed by atoms with E-state index in [4.69, 9.17) is 0 Å². The van der Waals surface area contributed by atoms with E-state index in [1.165, 1.54) is 6.92 Å². The van der Waals surface area contributed by atoms with Crippen LogP contribution in [0.3, 0.4) is 0 Å². The number of hydrogen-bond donors (Lipinski definition) is 0. The first-order valence-corrected chi connectivity index (χ1v) is 7.20. The minimum atomic E-state index is -4.18. The van der Waals surface area contributed by atoms with Crippen molar-refractivity contribution < 1.29 is 18.0 Å². The van der Waals surface area contributed by atoms with Gasteiger partial charge in [0.1, 0.15) is 0 Å². The number of carbonyl (C=O) groups is 1. The van der Waals surface area contributed by atoms with E-state index in [0.717, 1.165) is 4.47 Å². The quantitative estimate of drug-likeness (QED) is 0.736. The largest absolute Gasteiger partial charge is 0.393 e. The molecule has 0 spiro atoms. The van der Waals surface area contributed by atoms with Crippen molar-refractivity contribution in [3.8, 4) is 0 Å². The fourth-order valence-corrected chi connectivity index (χ4v) is 2.88. The highest BCUT2D eigenvalue weighted by Gasteiger charge is 2.42. The fraction of sp³-hybridized carbons (Fsp3) is 0.500. The highest BCUT2D eigenvalue weighted by molar-refractivity contribution is 9.10. The van der Waals surface area contributed by atoms with Crippen LogP contribution in [0.2, 0.25) is 0 Å². The zero-order valence-corrected chi connectivity index (χ0v) is 12.6. The number of nitrogens with zero attached hydrogens (tertiary/aromatic N) is 1. The normalized spacial score (nSPS) is 20.1. The van der Waals surface area contributed by atoms with Gasteiger partial charge in [-0.05, 0) is 38.0 Å². The lowest BCUT2D eigenvalue weighted by atomic mass is 9.96. The summed E-state index contributed by atoms with van der Waals surface area (Å²) in [7, 11) is 0. The second-order valence-electron chi connectivity index (χ2n) is 5.04. The number of anilines is 1. The van der Waals surface area contributed by atoms with Crippen molar-refractivity contribution in [2.75, 3.05) is 18.0 Å². The van der Waals surface area contributed by atoms with Crippen molar-refractivity contribution in [2.45, 2.75) is 25.9 Å². The Hall–Kier alpha value is -1.04. The minimum absolute atomic E-state index is 0.0831. The summed E-state index contributed by atoms with van der Waals surface area (Å²) in [6.07, 6.45) is -3.54. The maximum absolute atomic E-state index is 12.9. The van der Waals surface area contributed by atoms with Gasteiger partial charge in [0.05, 0.1) is 5.92 Å². The van der Waals surface area contributed by atoms with Crippen molar-refractivity contribution in [3.63, 3.8) is 0 Å². The van der Waals surface area contributed by atoms with E-state index in [-0.39, 0.29) is 18.7 Å². The molecule has 0 bridgehead atoms. The van der Waals surface area contributed by atoms with Crippen molar-refractivity contribution in [1.82, 2.24) is 0 Å². The number of ketones is 1. The topological polar surface area (TPSA) is 20.3 Å². The average Bonchev–Trinajstić information content (AvgIpc) is 2.37. The molecule has 0 saturated carbocycles. The van der Waals surface area contributed by atoms with E-state index in [2.05, 4.69) is 15.9 Å². The summed E-state index contributed by atoms with van der Waals surface area (Å²) in [6.45, 7) is 1.89. The summed E-state index contributed by atoms with van der Waals surface area (Å²) < 4.78 is 39.4. The third-order valence-corrected chi connectivity index (χ3v) is 4.06. The lowest BCUT2D eigenvalue weighted by molar-refractivity contribution is -0.175. The number of alkyl halides is 3.